The SMILES string of the molecule is CCN1CCC(C(C)Nc2ccc(F)cc2[N+](=O)[O-])CC1. The summed E-state index contributed by atoms with van der Waals surface area (Å²) in [6.07, 6.45) is 2.16. The van der Waals surface area contributed by atoms with Crippen LogP contribution in [0.3, 0.4) is 0 Å². The summed E-state index contributed by atoms with van der Waals surface area (Å²) in [6.45, 7) is 7.40. The molecule has 0 aromatic heterocycles. The highest BCUT2D eigenvalue weighted by molar-refractivity contribution is 5.61. The van der Waals surface area contributed by atoms with E-state index >= 15 is 0 Å². The summed E-state index contributed by atoms with van der Waals surface area (Å²) in [6, 6.07) is 3.80. The minimum atomic E-state index is -0.587. The fourth-order valence-electron chi connectivity index (χ4n) is 2.91. The van der Waals surface area contributed by atoms with Gasteiger partial charge in [-0.05, 0) is 57.5 Å². The largest absolute Gasteiger partial charge is 0.377 e. The fourth-order valence-corrected chi connectivity index (χ4v) is 2.91. The number of hydrogen-bond acceptors (Lipinski definition) is 4. The lowest BCUT2D eigenvalue weighted by molar-refractivity contribution is -0.384. The minimum absolute atomic E-state index is 0.133. The Kier molecular flexibility index (Phi) is 5.12. The number of nitro benzene ring substituents is 1. The summed E-state index contributed by atoms with van der Waals surface area (Å²) in [5.41, 5.74) is 0.194. The van der Waals surface area contributed by atoms with Crippen molar-refractivity contribution in [3.05, 3.63) is 34.1 Å². The van der Waals surface area contributed by atoms with Crippen LogP contribution in [0.4, 0.5) is 15.8 Å². The van der Waals surface area contributed by atoms with Gasteiger partial charge in [0.1, 0.15) is 11.5 Å². The lowest BCUT2D eigenvalue weighted by Crippen LogP contribution is -2.39. The first-order valence-corrected chi connectivity index (χ1v) is 7.44. The van der Waals surface area contributed by atoms with E-state index in [9.17, 15) is 14.5 Å². The molecule has 1 aliphatic rings. The van der Waals surface area contributed by atoms with Gasteiger partial charge in [0.05, 0.1) is 11.0 Å². The van der Waals surface area contributed by atoms with Gasteiger partial charge in [0, 0.05) is 6.04 Å². The highest BCUT2D eigenvalue weighted by Crippen LogP contribution is 2.29. The van der Waals surface area contributed by atoms with Crippen LogP contribution >= 0.6 is 0 Å². The van der Waals surface area contributed by atoms with Crippen molar-refractivity contribution in [3.63, 3.8) is 0 Å². The molecule has 1 unspecified atom stereocenters. The van der Waals surface area contributed by atoms with Gasteiger partial charge in [0.2, 0.25) is 0 Å². The third kappa shape index (κ3) is 3.91. The van der Waals surface area contributed by atoms with Crippen molar-refractivity contribution in [3.8, 4) is 0 Å². The summed E-state index contributed by atoms with van der Waals surface area (Å²) < 4.78 is 13.1. The molecular weight excluding hydrogens is 273 g/mol. The monoisotopic (exact) mass is 295 g/mol. The van der Waals surface area contributed by atoms with E-state index in [-0.39, 0.29) is 11.7 Å². The average Bonchev–Trinajstić information content (AvgIpc) is 2.49. The third-order valence-electron chi connectivity index (χ3n) is 4.33. The van der Waals surface area contributed by atoms with E-state index in [1.54, 1.807) is 0 Å². The molecule has 1 heterocycles. The van der Waals surface area contributed by atoms with Gasteiger partial charge >= 0.3 is 0 Å². The van der Waals surface area contributed by atoms with Crippen LogP contribution in [0.2, 0.25) is 0 Å². The second-order valence-corrected chi connectivity index (χ2v) is 5.62. The molecule has 0 radical (unpaired) electrons. The van der Waals surface area contributed by atoms with Crippen molar-refractivity contribution in [2.45, 2.75) is 32.7 Å². The molecule has 0 amide bonds. The topological polar surface area (TPSA) is 58.4 Å². The molecule has 1 atom stereocenters. The van der Waals surface area contributed by atoms with Crippen molar-refractivity contribution < 1.29 is 9.31 Å². The molecule has 0 bridgehead atoms. The van der Waals surface area contributed by atoms with E-state index in [1.165, 1.54) is 12.1 Å². The summed E-state index contributed by atoms with van der Waals surface area (Å²) >= 11 is 0. The number of anilines is 1. The number of halogens is 1. The lowest BCUT2D eigenvalue weighted by atomic mass is 9.90. The molecular formula is C15H22FN3O2. The number of rotatable bonds is 5. The molecule has 116 valence electrons. The molecule has 1 N–H and O–H groups in total. The van der Waals surface area contributed by atoms with E-state index in [2.05, 4.69) is 17.1 Å². The molecule has 1 aromatic rings. The Morgan fingerprint density at radius 1 is 1.48 bits per heavy atom. The standard InChI is InChI=1S/C15H22FN3O2/c1-3-18-8-6-12(7-9-18)11(2)17-14-5-4-13(16)10-15(14)19(20)21/h4-5,10-12,17H,3,6-9H2,1-2H3. The first-order valence-electron chi connectivity index (χ1n) is 7.44. The summed E-state index contributed by atoms with van der Waals surface area (Å²) in [5.74, 6) is -0.103. The van der Waals surface area contributed by atoms with Crippen molar-refractivity contribution in [1.82, 2.24) is 4.90 Å². The van der Waals surface area contributed by atoms with Crippen molar-refractivity contribution in [1.29, 1.82) is 0 Å². The molecule has 21 heavy (non-hydrogen) atoms. The lowest BCUT2D eigenvalue weighted by Gasteiger charge is -2.34. The van der Waals surface area contributed by atoms with Crippen LogP contribution in [-0.4, -0.2) is 35.5 Å². The van der Waals surface area contributed by atoms with E-state index in [4.69, 9.17) is 0 Å². The van der Waals surface area contributed by atoms with E-state index in [0.29, 0.717) is 11.6 Å². The molecule has 6 heteroatoms. The average molecular weight is 295 g/mol. The smallest absolute Gasteiger partial charge is 0.295 e. The zero-order chi connectivity index (χ0) is 15.4. The van der Waals surface area contributed by atoms with Gasteiger partial charge in [-0.15, -0.1) is 0 Å². The van der Waals surface area contributed by atoms with Crippen LogP contribution < -0.4 is 5.32 Å². The van der Waals surface area contributed by atoms with Crippen LogP contribution in [-0.2, 0) is 0 Å². The molecule has 0 aliphatic carbocycles. The van der Waals surface area contributed by atoms with E-state index in [1.807, 2.05) is 6.92 Å². The highest BCUT2D eigenvalue weighted by Gasteiger charge is 2.25. The number of nitro groups is 1. The highest BCUT2D eigenvalue weighted by atomic mass is 19.1. The Hall–Kier alpha value is -1.69. The molecule has 1 saturated heterocycles. The minimum Gasteiger partial charge on any atom is -0.377 e. The van der Waals surface area contributed by atoms with E-state index in [0.717, 1.165) is 38.5 Å². The fraction of sp³-hybridized carbons (Fsp3) is 0.600. The Morgan fingerprint density at radius 2 is 2.14 bits per heavy atom. The maximum Gasteiger partial charge on any atom is 0.295 e. The quantitative estimate of drug-likeness (QED) is 0.669. The number of nitrogens with zero attached hydrogens (tertiary/aromatic N) is 2. The Bertz CT molecular complexity index is 502. The molecule has 1 aliphatic heterocycles. The molecule has 1 fully saturated rings. The predicted octanol–water partition coefficient (Wildman–Crippen LogP) is 3.27. The van der Waals surface area contributed by atoms with Crippen LogP contribution in [0.15, 0.2) is 18.2 Å². The van der Waals surface area contributed by atoms with Crippen molar-refractivity contribution in [2.24, 2.45) is 5.92 Å². The summed E-state index contributed by atoms with van der Waals surface area (Å²) in [4.78, 5) is 12.9. The second kappa shape index (κ2) is 6.85. The Morgan fingerprint density at radius 3 is 2.71 bits per heavy atom. The second-order valence-electron chi connectivity index (χ2n) is 5.62. The third-order valence-corrected chi connectivity index (χ3v) is 4.33. The van der Waals surface area contributed by atoms with Crippen LogP contribution in [0, 0.1) is 21.8 Å². The zero-order valence-corrected chi connectivity index (χ0v) is 12.5. The summed E-state index contributed by atoms with van der Waals surface area (Å²) in [5, 5.41) is 14.2. The van der Waals surface area contributed by atoms with Gasteiger partial charge < -0.3 is 10.2 Å². The van der Waals surface area contributed by atoms with E-state index < -0.39 is 10.7 Å². The first kappa shape index (κ1) is 15.7. The van der Waals surface area contributed by atoms with Crippen molar-refractivity contribution in [2.75, 3.05) is 25.0 Å². The zero-order valence-electron chi connectivity index (χ0n) is 12.5. The number of nitrogens with one attached hydrogen (secondary N) is 1. The first-order chi connectivity index (χ1) is 10.0. The van der Waals surface area contributed by atoms with Crippen molar-refractivity contribution >= 4 is 11.4 Å². The number of benzene rings is 1. The van der Waals surface area contributed by atoms with Gasteiger partial charge in [0.15, 0.2) is 0 Å². The molecule has 1 aromatic carbocycles. The van der Waals surface area contributed by atoms with Gasteiger partial charge in [0.25, 0.3) is 5.69 Å². The van der Waals surface area contributed by atoms with Gasteiger partial charge in [-0.1, -0.05) is 6.92 Å². The molecule has 2 rings (SSSR count). The Labute approximate surface area is 124 Å². The number of hydrogen-bond donors (Lipinski definition) is 1. The molecule has 0 saturated carbocycles. The summed E-state index contributed by atoms with van der Waals surface area (Å²) in [7, 11) is 0. The van der Waals surface area contributed by atoms with Crippen LogP contribution in [0.5, 0.6) is 0 Å². The van der Waals surface area contributed by atoms with Crippen LogP contribution in [0.1, 0.15) is 26.7 Å². The van der Waals surface area contributed by atoms with Crippen LogP contribution in [0.25, 0.3) is 0 Å². The van der Waals surface area contributed by atoms with Gasteiger partial charge in [-0.25, -0.2) is 4.39 Å². The predicted molar refractivity (Wildman–Crippen MR) is 81.0 cm³/mol. The van der Waals surface area contributed by atoms with Gasteiger partial charge in [-0.2, -0.15) is 0 Å². The molecule has 5 nitrogen and oxygen atoms in total. The Balaban J connectivity index is 2.03. The normalized spacial score (nSPS) is 18.4. The number of piperidine rings is 1. The molecule has 0 spiro atoms. The van der Waals surface area contributed by atoms with Gasteiger partial charge in [-0.3, -0.25) is 10.1 Å². The maximum atomic E-state index is 13.1. The maximum absolute atomic E-state index is 13.1. The number of likely N-dealkylation sites (tertiary alicyclic amines) is 1.